The molecular weight excluding hydrogens is 341 g/mol. The maximum Gasteiger partial charge on any atom is 0.573 e. The largest absolute Gasteiger partial charge is 0.573 e. The molecule has 1 aliphatic heterocycles. The minimum absolute atomic E-state index is 0.112. The van der Waals surface area contributed by atoms with Gasteiger partial charge in [0.1, 0.15) is 11.8 Å². The molecule has 130 valence electrons. The minimum atomic E-state index is -4.97. The number of carbonyl (C=O) groups excluding carboxylic acids is 2. The third-order valence-corrected chi connectivity index (χ3v) is 3.47. The van der Waals surface area contributed by atoms with Crippen LogP contribution < -0.4 is 15.0 Å². The standard InChI is InChI=1S/C16H11F3N2O4/c17-16(18,19)25-12-7-2-1-6-11(12)21-14(23)13(20-15(21)24)9-4-3-5-10(22)8-9/h1-8,13,22H,(H,20,24). The second kappa shape index (κ2) is 6.00. The van der Waals surface area contributed by atoms with E-state index in [1.54, 1.807) is 0 Å². The van der Waals surface area contributed by atoms with Gasteiger partial charge in [-0.25, -0.2) is 9.69 Å². The number of phenols is 1. The SMILES string of the molecule is O=C1NC(c2cccc(O)c2)C(=O)N1c1ccccc1OC(F)(F)F. The molecule has 3 rings (SSSR count). The average Bonchev–Trinajstić information content (AvgIpc) is 2.81. The van der Waals surface area contributed by atoms with Gasteiger partial charge in [0.15, 0.2) is 5.75 Å². The van der Waals surface area contributed by atoms with E-state index in [4.69, 9.17) is 0 Å². The van der Waals surface area contributed by atoms with Crippen LogP contribution in [0, 0.1) is 0 Å². The van der Waals surface area contributed by atoms with Crippen LogP contribution in [0.25, 0.3) is 0 Å². The number of hydrogen-bond donors (Lipinski definition) is 2. The van der Waals surface area contributed by atoms with Crippen LogP contribution in [0.5, 0.6) is 11.5 Å². The maximum absolute atomic E-state index is 12.6. The number of amides is 3. The van der Waals surface area contributed by atoms with E-state index >= 15 is 0 Å². The van der Waals surface area contributed by atoms with E-state index in [0.717, 1.165) is 6.07 Å². The van der Waals surface area contributed by atoms with Gasteiger partial charge >= 0.3 is 12.4 Å². The summed E-state index contributed by atoms with van der Waals surface area (Å²) < 4.78 is 41.5. The van der Waals surface area contributed by atoms with Gasteiger partial charge in [-0.3, -0.25) is 4.79 Å². The maximum atomic E-state index is 12.6. The highest BCUT2D eigenvalue weighted by atomic mass is 19.4. The first-order valence-corrected chi connectivity index (χ1v) is 7.04. The lowest BCUT2D eigenvalue weighted by Crippen LogP contribution is -2.31. The Bertz CT molecular complexity index is 838. The van der Waals surface area contributed by atoms with Gasteiger partial charge in [0.2, 0.25) is 0 Å². The number of anilines is 1. The van der Waals surface area contributed by atoms with E-state index < -0.39 is 30.1 Å². The topological polar surface area (TPSA) is 78.9 Å². The van der Waals surface area contributed by atoms with Crippen molar-refractivity contribution in [3.63, 3.8) is 0 Å². The molecule has 25 heavy (non-hydrogen) atoms. The predicted octanol–water partition coefficient (Wildman–Crippen LogP) is 3.09. The van der Waals surface area contributed by atoms with Crippen molar-refractivity contribution in [1.29, 1.82) is 0 Å². The Balaban J connectivity index is 1.96. The number of rotatable bonds is 3. The summed E-state index contributed by atoms with van der Waals surface area (Å²) in [5, 5.41) is 11.9. The summed E-state index contributed by atoms with van der Waals surface area (Å²) in [5.74, 6) is -1.57. The lowest BCUT2D eigenvalue weighted by molar-refractivity contribution is -0.274. The molecule has 1 fully saturated rings. The van der Waals surface area contributed by atoms with Crippen molar-refractivity contribution in [2.75, 3.05) is 4.90 Å². The zero-order valence-electron chi connectivity index (χ0n) is 12.4. The molecule has 0 aromatic heterocycles. The van der Waals surface area contributed by atoms with E-state index in [2.05, 4.69) is 10.1 Å². The number of nitrogens with one attached hydrogen (secondary N) is 1. The molecule has 9 heteroatoms. The average molecular weight is 352 g/mol. The smallest absolute Gasteiger partial charge is 0.508 e. The predicted molar refractivity (Wildman–Crippen MR) is 80.0 cm³/mol. The molecule has 0 saturated carbocycles. The zero-order chi connectivity index (χ0) is 18.2. The van der Waals surface area contributed by atoms with Crippen LogP contribution in [0.3, 0.4) is 0 Å². The third kappa shape index (κ3) is 3.35. The molecule has 1 heterocycles. The van der Waals surface area contributed by atoms with Crippen LogP contribution in [0.1, 0.15) is 11.6 Å². The number of phenolic OH excluding ortho intramolecular Hbond substituents is 1. The monoisotopic (exact) mass is 352 g/mol. The summed E-state index contributed by atoms with van der Waals surface area (Å²) in [6.07, 6.45) is -4.97. The summed E-state index contributed by atoms with van der Waals surface area (Å²) >= 11 is 0. The summed E-state index contributed by atoms with van der Waals surface area (Å²) in [5.41, 5.74) is -0.0277. The second-order valence-corrected chi connectivity index (χ2v) is 5.17. The van der Waals surface area contributed by atoms with Crippen molar-refractivity contribution in [3.05, 3.63) is 54.1 Å². The van der Waals surface area contributed by atoms with E-state index in [1.165, 1.54) is 42.5 Å². The molecule has 2 N–H and O–H groups in total. The highest BCUT2D eigenvalue weighted by Gasteiger charge is 2.42. The van der Waals surface area contributed by atoms with Crippen LogP contribution >= 0.6 is 0 Å². The van der Waals surface area contributed by atoms with Gasteiger partial charge in [-0.1, -0.05) is 24.3 Å². The molecule has 6 nitrogen and oxygen atoms in total. The Morgan fingerprint density at radius 2 is 1.80 bits per heavy atom. The van der Waals surface area contributed by atoms with Crippen molar-refractivity contribution in [2.45, 2.75) is 12.4 Å². The summed E-state index contributed by atoms with van der Waals surface area (Å²) in [7, 11) is 0. The fourth-order valence-electron chi connectivity index (χ4n) is 2.49. The zero-order valence-corrected chi connectivity index (χ0v) is 12.4. The van der Waals surface area contributed by atoms with E-state index in [-0.39, 0.29) is 11.4 Å². The van der Waals surface area contributed by atoms with Crippen LogP contribution in [-0.4, -0.2) is 23.4 Å². The molecule has 2 aromatic rings. The molecule has 0 radical (unpaired) electrons. The Kier molecular flexibility index (Phi) is 3.99. The van der Waals surface area contributed by atoms with Crippen molar-refractivity contribution in [1.82, 2.24) is 5.32 Å². The van der Waals surface area contributed by atoms with Gasteiger partial charge in [-0.15, -0.1) is 13.2 Å². The number of urea groups is 1. The van der Waals surface area contributed by atoms with Crippen LogP contribution in [0.15, 0.2) is 48.5 Å². The van der Waals surface area contributed by atoms with E-state index in [1.807, 2.05) is 0 Å². The number of benzene rings is 2. The number of halogens is 3. The number of nitrogens with zero attached hydrogens (tertiary/aromatic N) is 1. The quantitative estimate of drug-likeness (QED) is 0.832. The van der Waals surface area contributed by atoms with Gasteiger partial charge in [-0.2, -0.15) is 0 Å². The van der Waals surface area contributed by atoms with Gasteiger partial charge in [0, 0.05) is 0 Å². The number of alkyl halides is 3. The minimum Gasteiger partial charge on any atom is -0.508 e. The molecule has 3 amide bonds. The molecular formula is C16H11F3N2O4. The first kappa shape index (κ1) is 16.6. The lowest BCUT2D eigenvalue weighted by Gasteiger charge is -2.18. The van der Waals surface area contributed by atoms with Gasteiger partial charge in [0.05, 0.1) is 5.69 Å². The second-order valence-electron chi connectivity index (χ2n) is 5.17. The van der Waals surface area contributed by atoms with Gasteiger partial charge in [0.25, 0.3) is 5.91 Å². The lowest BCUT2D eigenvalue weighted by atomic mass is 10.1. The number of carbonyl (C=O) groups is 2. The fraction of sp³-hybridized carbons (Fsp3) is 0.125. The molecule has 1 atom stereocenters. The first-order chi connectivity index (χ1) is 11.8. The molecule has 1 aliphatic rings. The molecule has 0 aliphatic carbocycles. The summed E-state index contributed by atoms with van der Waals surface area (Å²) in [6, 6.07) is 8.47. The molecule has 1 saturated heterocycles. The first-order valence-electron chi connectivity index (χ1n) is 7.04. The highest BCUT2D eigenvalue weighted by molar-refractivity contribution is 6.22. The van der Waals surface area contributed by atoms with Gasteiger partial charge < -0.3 is 15.2 Å². The number of para-hydroxylation sites is 2. The molecule has 2 aromatic carbocycles. The Labute approximate surface area is 139 Å². The van der Waals surface area contributed by atoms with Crippen LogP contribution in [0.4, 0.5) is 23.7 Å². The molecule has 0 spiro atoms. The van der Waals surface area contributed by atoms with Gasteiger partial charge in [-0.05, 0) is 29.8 Å². The van der Waals surface area contributed by atoms with Crippen molar-refractivity contribution in [3.8, 4) is 11.5 Å². The van der Waals surface area contributed by atoms with Crippen LogP contribution in [0.2, 0.25) is 0 Å². The summed E-state index contributed by atoms with van der Waals surface area (Å²) in [4.78, 5) is 25.3. The Morgan fingerprint density at radius 1 is 1.08 bits per heavy atom. The highest BCUT2D eigenvalue weighted by Crippen LogP contribution is 2.36. The summed E-state index contributed by atoms with van der Waals surface area (Å²) in [6.45, 7) is 0. The molecule has 1 unspecified atom stereocenters. The third-order valence-electron chi connectivity index (χ3n) is 3.47. The Morgan fingerprint density at radius 3 is 2.48 bits per heavy atom. The number of aromatic hydroxyl groups is 1. The fourth-order valence-corrected chi connectivity index (χ4v) is 2.49. The van der Waals surface area contributed by atoms with Crippen LogP contribution in [-0.2, 0) is 4.79 Å². The van der Waals surface area contributed by atoms with Crippen molar-refractivity contribution in [2.24, 2.45) is 0 Å². The van der Waals surface area contributed by atoms with E-state index in [0.29, 0.717) is 10.5 Å². The van der Waals surface area contributed by atoms with E-state index in [9.17, 15) is 27.9 Å². The Hall–Kier alpha value is -3.23. The number of hydrogen-bond acceptors (Lipinski definition) is 4. The number of imide groups is 1. The van der Waals surface area contributed by atoms with Crippen molar-refractivity contribution >= 4 is 17.6 Å². The normalized spacial score (nSPS) is 17.6. The number of ether oxygens (including phenoxy) is 1. The molecule has 0 bridgehead atoms. The van der Waals surface area contributed by atoms with Crippen molar-refractivity contribution < 1.29 is 32.6 Å².